The number of nitrogens with zero attached hydrogens (tertiary/aromatic N) is 2. The Morgan fingerprint density at radius 2 is 0.577 bits per heavy atom. The largest absolute Gasteiger partial charge is 0.416 e. The van der Waals surface area contributed by atoms with Gasteiger partial charge in [-0.3, -0.25) is 4.98 Å². The average molecular weight is 1110 g/mol. The van der Waals surface area contributed by atoms with Gasteiger partial charge >= 0.3 is 49.4 Å². The summed E-state index contributed by atoms with van der Waals surface area (Å²) in [6.45, 7) is 0.865. The molecule has 0 saturated heterocycles. The Morgan fingerprint density at radius 1 is 0.352 bits per heavy atom. The number of benzene rings is 5. The summed E-state index contributed by atoms with van der Waals surface area (Å²) < 4.78 is 344. The van der Waals surface area contributed by atoms with Crippen molar-refractivity contribution >= 4 is 43.9 Å². The van der Waals surface area contributed by atoms with Crippen molar-refractivity contribution < 1.29 is 110 Å². The lowest BCUT2D eigenvalue weighted by Gasteiger charge is -2.46. The normalized spacial score (nSPS) is 13.5. The van der Waals surface area contributed by atoms with Crippen LogP contribution in [0.3, 0.4) is 0 Å². The SMILES string of the molecule is Brc1ccccc1C[n+]1ccncc1.FC(F)(F)c1cc([B-](c2cc(C(F)(F)F)cc(C(F)(F)F)c2)(c2cc(C(F)(F)F)cc(C(F)(F)F)c2)c2cc(C(F)(F)F)cc(C(F)(F)F)c2)cc(C(F)(F)F)c1. The highest BCUT2D eigenvalue weighted by Crippen LogP contribution is 2.41. The van der Waals surface area contributed by atoms with Crippen molar-refractivity contribution in [1.29, 1.82) is 0 Å². The van der Waals surface area contributed by atoms with Gasteiger partial charge in [-0.1, -0.05) is 82.7 Å². The van der Waals surface area contributed by atoms with E-state index in [1.54, 1.807) is 12.4 Å². The van der Waals surface area contributed by atoms with E-state index in [0.29, 0.717) is 0 Å². The van der Waals surface area contributed by atoms with Crippen molar-refractivity contribution in [3.8, 4) is 0 Å². The lowest BCUT2D eigenvalue weighted by atomic mass is 9.12. The Kier molecular flexibility index (Phi) is 15.2. The lowest BCUT2D eigenvalue weighted by molar-refractivity contribution is -0.689. The van der Waals surface area contributed by atoms with Crippen LogP contribution in [0.15, 0.2) is 126 Å². The first-order valence-electron chi connectivity index (χ1n) is 19.0. The number of alkyl halides is 24. The van der Waals surface area contributed by atoms with E-state index < -0.39 is 195 Å². The van der Waals surface area contributed by atoms with Crippen LogP contribution in [0.2, 0.25) is 0 Å². The summed E-state index contributed by atoms with van der Waals surface area (Å²) >= 11 is 3.52. The third-order valence-corrected chi connectivity index (χ3v) is 11.2. The van der Waals surface area contributed by atoms with Gasteiger partial charge in [0.2, 0.25) is 0 Å². The van der Waals surface area contributed by atoms with E-state index in [0.717, 1.165) is 11.0 Å². The molecule has 71 heavy (non-hydrogen) atoms. The predicted octanol–water partition coefficient (Wildman–Crippen LogP) is 13.4. The van der Waals surface area contributed by atoms with Crippen molar-refractivity contribution in [1.82, 2.24) is 4.98 Å². The smallest absolute Gasteiger partial charge is 0.252 e. The monoisotopic (exact) mass is 1110 g/mol. The Bertz CT molecular complexity index is 2420. The molecule has 6 aromatic rings. The minimum Gasteiger partial charge on any atom is -0.252 e. The highest BCUT2D eigenvalue weighted by atomic mass is 79.9. The van der Waals surface area contributed by atoms with Crippen LogP contribution < -0.4 is 26.4 Å². The molecule has 0 N–H and O–H groups in total. The number of hydrogen-bond acceptors (Lipinski definition) is 1. The fourth-order valence-corrected chi connectivity index (χ4v) is 7.76. The number of hydrogen-bond donors (Lipinski definition) is 0. The Balaban J connectivity index is 0.000000569. The predicted molar refractivity (Wildman–Crippen MR) is 208 cm³/mol. The van der Waals surface area contributed by atoms with Crippen LogP contribution in [-0.4, -0.2) is 11.1 Å². The molecule has 2 nitrogen and oxygen atoms in total. The van der Waals surface area contributed by atoms with E-state index >= 15 is 0 Å². The highest BCUT2D eigenvalue weighted by molar-refractivity contribution is 9.10. The highest BCUT2D eigenvalue weighted by Gasteiger charge is 2.47. The lowest BCUT2D eigenvalue weighted by Crippen LogP contribution is -2.75. The van der Waals surface area contributed by atoms with Crippen LogP contribution >= 0.6 is 15.9 Å². The zero-order valence-electron chi connectivity index (χ0n) is 34.2. The van der Waals surface area contributed by atoms with Gasteiger partial charge in [0.1, 0.15) is 6.15 Å². The molecule has 0 radical (unpaired) electrons. The topological polar surface area (TPSA) is 16.8 Å². The van der Waals surface area contributed by atoms with Gasteiger partial charge in [-0.05, 0) is 30.3 Å². The van der Waals surface area contributed by atoms with Crippen molar-refractivity contribution in [3.63, 3.8) is 0 Å². The number of aromatic nitrogens is 2. The minimum atomic E-state index is -6.13. The van der Waals surface area contributed by atoms with Crippen molar-refractivity contribution in [3.05, 3.63) is 176 Å². The molecule has 0 aliphatic heterocycles. The Morgan fingerprint density at radius 3 is 0.789 bits per heavy atom. The van der Waals surface area contributed by atoms with Crippen LogP contribution in [0, 0.1) is 0 Å². The van der Waals surface area contributed by atoms with Gasteiger partial charge in [-0.15, -0.1) is 0 Å². The van der Waals surface area contributed by atoms with E-state index in [4.69, 9.17) is 0 Å². The van der Waals surface area contributed by atoms with Crippen molar-refractivity contribution in [2.75, 3.05) is 0 Å². The maximum Gasteiger partial charge on any atom is 0.416 e. The third-order valence-electron chi connectivity index (χ3n) is 10.4. The molecule has 5 aromatic carbocycles. The fraction of sp³-hybridized carbons (Fsp3) is 0.209. The van der Waals surface area contributed by atoms with Crippen LogP contribution in [-0.2, 0) is 56.0 Å². The second kappa shape index (κ2) is 19.2. The van der Waals surface area contributed by atoms with Crippen molar-refractivity contribution in [2.24, 2.45) is 0 Å². The quantitative estimate of drug-likeness (QED) is 0.0923. The molecule has 28 heteroatoms. The molecule has 0 aliphatic rings. The van der Waals surface area contributed by atoms with E-state index in [-0.39, 0.29) is 0 Å². The molecular weight excluding hydrogens is 1090 g/mol. The van der Waals surface area contributed by atoms with Crippen LogP contribution in [0.1, 0.15) is 50.1 Å². The second-order valence-electron chi connectivity index (χ2n) is 15.2. The first-order chi connectivity index (χ1) is 32.1. The number of halogens is 25. The molecule has 382 valence electrons. The maximum absolute atomic E-state index is 14.2. The molecule has 1 heterocycles. The van der Waals surface area contributed by atoms with E-state index in [1.165, 1.54) is 5.56 Å². The summed E-state index contributed by atoms with van der Waals surface area (Å²) in [6.07, 6.45) is -47.3. The maximum atomic E-state index is 14.2. The second-order valence-corrected chi connectivity index (χ2v) is 16.1. The summed E-state index contributed by atoms with van der Waals surface area (Å²) in [6, 6.07) is -0.587. The van der Waals surface area contributed by atoms with Gasteiger partial charge < -0.3 is 0 Å². The third kappa shape index (κ3) is 13.1. The average Bonchev–Trinajstić information content (AvgIpc) is 3.22. The molecule has 0 aliphatic carbocycles. The standard InChI is InChI=1S/C32H12BF24.C11H10BrN2/c34-25(35,36)13-1-14(26(37,38)39)6-21(5-13)33(22-7-15(27(40,41)42)2-16(8-22)28(43,44)45,23-9-17(29(46,47)48)3-18(10-23)30(49,50)51)24-11-19(31(52,53)54)4-20(12-24)32(55,56)57;12-11-4-2-1-3-10(11)9-14-7-5-13-6-8-14/h1-12H;1-8H,9H2/q-1;+1. The first-order valence-corrected chi connectivity index (χ1v) is 19.8. The summed E-state index contributed by atoms with van der Waals surface area (Å²) in [4.78, 5) is 3.98. The molecule has 0 fully saturated rings. The van der Waals surface area contributed by atoms with Gasteiger partial charge in [0.05, 0.1) is 56.9 Å². The molecule has 0 unspecified atom stereocenters. The Hall–Kier alpha value is -5.96. The van der Waals surface area contributed by atoms with Gasteiger partial charge in [0, 0.05) is 10.0 Å². The summed E-state index contributed by atoms with van der Waals surface area (Å²) in [5, 5.41) is 0. The van der Waals surface area contributed by atoms with Gasteiger partial charge in [-0.25, -0.2) is 0 Å². The van der Waals surface area contributed by atoms with Gasteiger partial charge in [0.25, 0.3) is 0 Å². The summed E-state index contributed by atoms with van der Waals surface area (Å²) in [5.41, 5.74) is -28.9. The first kappa shape index (κ1) is 56.0. The van der Waals surface area contributed by atoms with E-state index in [1.807, 2.05) is 24.5 Å². The zero-order valence-corrected chi connectivity index (χ0v) is 35.8. The molecule has 6 rings (SSSR count). The van der Waals surface area contributed by atoms with Crippen LogP contribution in [0.25, 0.3) is 0 Å². The Labute approximate surface area is 390 Å². The zero-order chi connectivity index (χ0) is 53.7. The minimum absolute atomic E-state index is 0.691. The molecular formula is C43H22BBrF24N2. The molecule has 0 bridgehead atoms. The van der Waals surface area contributed by atoms with Crippen LogP contribution in [0.4, 0.5) is 105 Å². The van der Waals surface area contributed by atoms with Gasteiger partial charge in [-0.2, -0.15) is 132 Å². The van der Waals surface area contributed by atoms with Crippen molar-refractivity contribution in [2.45, 2.75) is 56.0 Å². The van der Waals surface area contributed by atoms with E-state index in [2.05, 4.69) is 37.6 Å². The van der Waals surface area contributed by atoms with Gasteiger partial charge in [0.15, 0.2) is 18.9 Å². The number of rotatable bonds is 6. The molecule has 0 atom stereocenters. The molecule has 1 aromatic heterocycles. The summed E-state index contributed by atoms with van der Waals surface area (Å²) in [5.74, 6) is 0. The van der Waals surface area contributed by atoms with Crippen LogP contribution in [0.5, 0.6) is 0 Å². The molecule has 0 amide bonds. The van der Waals surface area contributed by atoms with E-state index in [9.17, 15) is 105 Å². The molecule has 0 spiro atoms. The molecule has 0 saturated carbocycles. The summed E-state index contributed by atoms with van der Waals surface area (Å²) in [7, 11) is 0. The fourth-order valence-electron chi connectivity index (χ4n) is 7.35.